The number of piperazine rings is 1. The first-order valence-corrected chi connectivity index (χ1v) is 8.56. The lowest BCUT2D eigenvalue weighted by Crippen LogP contribution is -3.13. The zero-order valence-corrected chi connectivity index (χ0v) is 14.4. The zero-order chi connectivity index (χ0) is 16.2. The zero-order valence-electron chi connectivity index (χ0n) is 12.8. The number of carbonyl (C=O) groups excluding carboxylic acids is 1. The van der Waals surface area contributed by atoms with Crippen LogP contribution in [0.2, 0.25) is 0 Å². The van der Waals surface area contributed by atoms with Crippen molar-refractivity contribution >= 4 is 27.6 Å². The van der Waals surface area contributed by atoms with Crippen LogP contribution in [-0.2, 0) is 6.54 Å². The van der Waals surface area contributed by atoms with Crippen LogP contribution in [0.5, 0.6) is 0 Å². The van der Waals surface area contributed by atoms with Gasteiger partial charge in [-0.15, -0.1) is 0 Å². The fourth-order valence-corrected chi connectivity index (χ4v) is 3.40. The Morgan fingerprint density at radius 2 is 1.74 bits per heavy atom. The molecule has 1 N–H and O–H groups in total. The van der Waals surface area contributed by atoms with Gasteiger partial charge >= 0.3 is 0 Å². The predicted molar refractivity (Wildman–Crippen MR) is 91.5 cm³/mol. The van der Waals surface area contributed by atoms with Gasteiger partial charge in [0.2, 0.25) is 0 Å². The van der Waals surface area contributed by atoms with Gasteiger partial charge in [0.05, 0.1) is 32.1 Å². The van der Waals surface area contributed by atoms with Crippen LogP contribution in [0.4, 0.5) is 5.69 Å². The van der Waals surface area contributed by atoms with Crippen molar-refractivity contribution in [1.82, 2.24) is 0 Å². The summed E-state index contributed by atoms with van der Waals surface area (Å²) in [7, 11) is 0. The van der Waals surface area contributed by atoms with Crippen molar-refractivity contribution in [3.8, 4) is 0 Å². The van der Waals surface area contributed by atoms with Gasteiger partial charge in [0, 0.05) is 15.7 Å². The van der Waals surface area contributed by atoms with Gasteiger partial charge in [-0.05, 0) is 23.8 Å². The monoisotopic (exact) mass is 374 g/mol. The number of quaternary nitrogens is 1. The minimum atomic E-state index is -1.13. The SMILES string of the molecule is O=C([O-])c1ccc(N2CC[NH+](Cc3ccccc3Br)CC2)cc1. The minimum Gasteiger partial charge on any atom is -0.545 e. The smallest absolute Gasteiger partial charge is 0.104 e. The van der Waals surface area contributed by atoms with Crippen molar-refractivity contribution in [2.24, 2.45) is 0 Å². The number of carboxylic acids is 1. The van der Waals surface area contributed by atoms with E-state index in [2.05, 4.69) is 39.0 Å². The maximum Gasteiger partial charge on any atom is 0.104 e. The van der Waals surface area contributed by atoms with E-state index in [1.807, 2.05) is 18.2 Å². The number of carbonyl (C=O) groups is 1. The number of benzene rings is 2. The van der Waals surface area contributed by atoms with Crippen molar-refractivity contribution in [3.63, 3.8) is 0 Å². The van der Waals surface area contributed by atoms with Crippen LogP contribution in [0, 0.1) is 0 Å². The summed E-state index contributed by atoms with van der Waals surface area (Å²) in [4.78, 5) is 14.7. The first-order chi connectivity index (χ1) is 11.1. The normalized spacial score (nSPS) is 15.6. The molecule has 1 heterocycles. The predicted octanol–water partition coefficient (Wildman–Crippen LogP) is 0.718. The first-order valence-electron chi connectivity index (χ1n) is 7.77. The third-order valence-corrected chi connectivity index (χ3v) is 5.11. The second kappa shape index (κ2) is 7.15. The molecule has 0 atom stereocenters. The van der Waals surface area contributed by atoms with Gasteiger partial charge < -0.3 is 19.7 Å². The Bertz CT molecular complexity index is 680. The molecule has 0 aliphatic carbocycles. The molecule has 2 aromatic carbocycles. The number of nitrogens with zero attached hydrogens (tertiary/aromatic N) is 1. The van der Waals surface area contributed by atoms with Crippen LogP contribution in [-0.4, -0.2) is 32.1 Å². The number of aromatic carboxylic acids is 1. The molecular formula is C18H19BrN2O2. The van der Waals surface area contributed by atoms with Crippen molar-refractivity contribution in [3.05, 3.63) is 64.1 Å². The van der Waals surface area contributed by atoms with E-state index >= 15 is 0 Å². The molecule has 23 heavy (non-hydrogen) atoms. The summed E-state index contributed by atoms with van der Waals surface area (Å²) in [5.41, 5.74) is 2.65. The Hall–Kier alpha value is -1.85. The van der Waals surface area contributed by atoms with E-state index in [-0.39, 0.29) is 5.56 Å². The topological polar surface area (TPSA) is 47.8 Å². The molecule has 120 valence electrons. The van der Waals surface area contributed by atoms with E-state index in [9.17, 15) is 9.90 Å². The highest BCUT2D eigenvalue weighted by molar-refractivity contribution is 9.10. The minimum absolute atomic E-state index is 0.229. The number of nitrogens with one attached hydrogen (secondary N) is 1. The molecule has 0 spiro atoms. The quantitative estimate of drug-likeness (QED) is 0.857. The Kier molecular flexibility index (Phi) is 4.98. The lowest BCUT2D eigenvalue weighted by molar-refractivity contribution is -0.914. The van der Waals surface area contributed by atoms with Crippen LogP contribution in [0.1, 0.15) is 15.9 Å². The van der Waals surface area contributed by atoms with E-state index in [1.54, 1.807) is 17.0 Å². The van der Waals surface area contributed by atoms with E-state index in [1.165, 1.54) is 10.0 Å². The van der Waals surface area contributed by atoms with Crippen molar-refractivity contribution in [2.45, 2.75) is 6.54 Å². The van der Waals surface area contributed by atoms with Crippen LogP contribution in [0.25, 0.3) is 0 Å². The molecule has 0 bridgehead atoms. The van der Waals surface area contributed by atoms with Gasteiger partial charge in [0.25, 0.3) is 0 Å². The van der Waals surface area contributed by atoms with Gasteiger partial charge in [-0.2, -0.15) is 0 Å². The number of anilines is 1. The number of rotatable bonds is 4. The lowest BCUT2D eigenvalue weighted by atomic mass is 10.1. The summed E-state index contributed by atoms with van der Waals surface area (Å²) >= 11 is 3.61. The highest BCUT2D eigenvalue weighted by atomic mass is 79.9. The maximum atomic E-state index is 10.8. The molecule has 1 aliphatic heterocycles. The third kappa shape index (κ3) is 3.92. The average molecular weight is 375 g/mol. The number of hydrogen-bond donors (Lipinski definition) is 1. The third-order valence-electron chi connectivity index (χ3n) is 4.34. The fraction of sp³-hybridized carbons (Fsp3) is 0.278. The van der Waals surface area contributed by atoms with E-state index < -0.39 is 5.97 Å². The Balaban J connectivity index is 1.58. The second-order valence-electron chi connectivity index (χ2n) is 5.84. The summed E-state index contributed by atoms with van der Waals surface area (Å²) in [5.74, 6) is -1.13. The van der Waals surface area contributed by atoms with Gasteiger partial charge in [-0.3, -0.25) is 0 Å². The van der Waals surface area contributed by atoms with Crippen LogP contribution in [0.3, 0.4) is 0 Å². The molecule has 4 nitrogen and oxygen atoms in total. The Labute approximate surface area is 144 Å². The standard InChI is InChI=1S/C18H19BrN2O2/c19-17-4-2-1-3-15(17)13-20-9-11-21(12-10-20)16-7-5-14(6-8-16)18(22)23/h1-8H,9-13H2,(H,22,23). The molecule has 0 amide bonds. The van der Waals surface area contributed by atoms with Gasteiger partial charge in [-0.1, -0.05) is 46.3 Å². The van der Waals surface area contributed by atoms with Crippen molar-refractivity contribution in [1.29, 1.82) is 0 Å². The summed E-state index contributed by atoms with van der Waals surface area (Å²) in [6.07, 6.45) is 0. The van der Waals surface area contributed by atoms with Gasteiger partial charge in [0.1, 0.15) is 6.54 Å². The summed E-state index contributed by atoms with van der Waals surface area (Å²) in [6, 6.07) is 15.3. The Morgan fingerprint density at radius 3 is 2.35 bits per heavy atom. The Morgan fingerprint density at radius 1 is 1.09 bits per heavy atom. The van der Waals surface area contributed by atoms with Crippen LogP contribution < -0.4 is 14.9 Å². The molecule has 2 aromatic rings. The lowest BCUT2D eigenvalue weighted by Gasteiger charge is -2.34. The van der Waals surface area contributed by atoms with Crippen LogP contribution in [0.15, 0.2) is 53.0 Å². The van der Waals surface area contributed by atoms with Crippen molar-refractivity contribution < 1.29 is 14.8 Å². The number of carboxylic acid groups (broad SMARTS) is 1. The number of halogens is 1. The van der Waals surface area contributed by atoms with Gasteiger partial charge in [-0.25, -0.2) is 0 Å². The first kappa shape index (κ1) is 16.0. The molecule has 3 rings (SSSR count). The van der Waals surface area contributed by atoms with E-state index in [4.69, 9.17) is 0 Å². The van der Waals surface area contributed by atoms with E-state index in [0.29, 0.717) is 0 Å². The summed E-state index contributed by atoms with van der Waals surface area (Å²) in [5, 5.41) is 10.8. The largest absolute Gasteiger partial charge is 0.545 e. The van der Waals surface area contributed by atoms with E-state index in [0.717, 1.165) is 38.4 Å². The van der Waals surface area contributed by atoms with Crippen LogP contribution >= 0.6 is 15.9 Å². The molecule has 0 aromatic heterocycles. The summed E-state index contributed by atoms with van der Waals surface area (Å²) < 4.78 is 1.17. The fourth-order valence-electron chi connectivity index (χ4n) is 2.98. The van der Waals surface area contributed by atoms with Crippen molar-refractivity contribution in [2.75, 3.05) is 31.1 Å². The highest BCUT2D eigenvalue weighted by Crippen LogP contribution is 2.16. The molecule has 0 saturated carbocycles. The highest BCUT2D eigenvalue weighted by Gasteiger charge is 2.20. The molecule has 0 unspecified atom stereocenters. The molecule has 0 radical (unpaired) electrons. The molecular weight excluding hydrogens is 356 g/mol. The average Bonchev–Trinajstić information content (AvgIpc) is 2.58. The molecule has 1 fully saturated rings. The molecule has 1 saturated heterocycles. The summed E-state index contributed by atoms with van der Waals surface area (Å²) in [6.45, 7) is 5.13. The molecule has 5 heteroatoms. The van der Waals surface area contributed by atoms with Gasteiger partial charge in [0.15, 0.2) is 0 Å². The maximum absolute atomic E-state index is 10.8. The second-order valence-corrected chi connectivity index (χ2v) is 6.69. The number of hydrogen-bond acceptors (Lipinski definition) is 3. The molecule has 1 aliphatic rings.